The SMILES string of the molecule is O=C(NC1CCOC1)c1cn(CC2CCCCC2)nn1. The second kappa shape index (κ2) is 6.35. The molecule has 3 rings (SSSR count). The maximum atomic E-state index is 12.0. The van der Waals surface area contributed by atoms with E-state index in [9.17, 15) is 4.79 Å². The first-order valence-corrected chi connectivity index (χ1v) is 7.60. The van der Waals surface area contributed by atoms with Crippen molar-refractivity contribution in [2.24, 2.45) is 5.92 Å². The molecule has 110 valence electrons. The third kappa shape index (κ3) is 3.36. The summed E-state index contributed by atoms with van der Waals surface area (Å²) in [6, 6.07) is 0.117. The van der Waals surface area contributed by atoms with Gasteiger partial charge in [-0.25, -0.2) is 0 Å². The molecule has 0 bridgehead atoms. The van der Waals surface area contributed by atoms with Gasteiger partial charge in [-0.1, -0.05) is 24.5 Å². The second-order valence-electron chi connectivity index (χ2n) is 5.86. The highest BCUT2D eigenvalue weighted by Crippen LogP contribution is 2.24. The molecule has 1 N–H and O–H groups in total. The summed E-state index contributed by atoms with van der Waals surface area (Å²) in [5.41, 5.74) is 0.410. The number of hydrogen-bond acceptors (Lipinski definition) is 4. The number of aromatic nitrogens is 3. The summed E-state index contributed by atoms with van der Waals surface area (Å²) in [4.78, 5) is 12.0. The lowest BCUT2D eigenvalue weighted by molar-refractivity contribution is 0.0924. The van der Waals surface area contributed by atoms with Crippen LogP contribution in [-0.4, -0.2) is 40.2 Å². The van der Waals surface area contributed by atoms with Gasteiger partial charge in [-0.2, -0.15) is 0 Å². The average Bonchev–Trinajstić information content (AvgIpc) is 3.11. The number of rotatable bonds is 4. The van der Waals surface area contributed by atoms with Crippen LogP contribution in [0.3, 0.4) is 0 Å². The molecule has 1 aliphatic heterocycles. The van der Waals surface area contributed by atoms with Crippen LogP contribution in [-0.2, 0) is 11.3 Å². The van der Waals surface area contributed by atoms with Crippen molar-refractivity contribution in [1.29, 1.82) is 0 Å². The van der Waals surface area contributed by atoms with Crippen molar-refractivity contribution < 1.29 is 9.53 Å². The van der Waals surface area contributed by atoms with Crippen LogP contribution in [0.2, 0.25) is 0 Å². The summed E-state index contributed by atoms with van der Waals surface area (Å²) in [6.07, 6.45) is 9.15. The zero-order chi connectivity index (χ0) is 13.8. The lowest BCUT2D eigenvalue weighted by atomic mass is 9.89. The minimum atomic E-state index is -0.143. The third-order valence-electron chi connectivity index (χ3n) is 4.21. The number of carbonyl (C=O) groups excluding carboxylic acids is 1. The van der Waals surface area contributed by atoms with Crippen LogP contribution in [0.4, 0.5) is 0 Å². The van der Waals surface area contributed by atoms with Gasteiger partial charge in [0.2, 0.25) is 0 Å². The summed E-state index contributed by atoms with van der Waals surface area (Å²) in [6.45, 7) is 2.20. The van der Waals surface area contributed by atoms with Gasteiger partial charge in [0.15, 0.2) is 5.69 Å². The Labute approximate surface area is 118 Å². The van der Waals surface area contributed by atoms with Crippen LogP contribution in [0.15, 0.2) is 6.20 Å². The van der Waals surface area contributed by atoms with Crippen LogP contribution in [0.1, 0.15) is 49.0 Å². The molecular weight excluding hydrogens is 256 g/mol. The van der Waals surface area contributed by atoms with Crippen LogP contribution < -0.4 is 5.32 Å². The fourth-order valence-corrected chi connectivity index (χ4v) is 3.03. The number of nitrogens with one attached hydrogen (secondary N) is 1. The van der Waals surface area contributed by atoms with Gasteiger partial charge < -0.3 is 10.1 Å². The minimum Gasteiger partial charge on any atom is -0.379 e. The molecule has 6 heteroatoms. The number of ether oxygens (including phenoxy) is 1. The maximum absolute atomic E-state index is 12.0. The van der Waals surface area contributed by atoms with Gasteiger partial charge in [-0.05, 0) is 25.2 Å². The summed E-state index contributed by atoms with van der Waals surface area (Å²) in [5, 5.41) is 11.0. The smallest absolute Gasteiger partial charge is 0.273 e. The Balaban J connectivity index is 1.53. The van der Waals surface area contributed by atoms with Gasteiger partial charge in [0, 0.05) is 13.2 Å². The Morgan fingerprint density at radius 2 is 2.20 bits per heavy atom. The molecule has 1 atom stereocenters. The number of nitrogens with zero attached hydrogens (tertiary/aromatic N) is 3. The predicted octanol–water partition coefficient (Wildman–Crippen LogP) is 1.38. The van der Waals surface area contributed by atoms with E-state index in [0.717, 1.165) is 19.6 Å². The van der Waals surface area contributed by atoms with Gasteiger partial charge in [-0.15, -0.1) is 5.10 Å². The quantitative estimate of drug-likeness (QED) is 0.903. The summed E-state index contributed by atoms with van der Waals surface area (Å²) in [7, 11) is 0. The van der Waals surface area contributed by atoms with Crippen LogP contribution in [0, 0.1) is 5.92 Å². The van der Waals surface area contributed by atoms with E-state index < -0.39 is 0 Å². The lowest BCUT2D eigenvalue weighted by Crippen LogP contribution is -2.35. The van der Waals surface area contributed by atoms with E-state index in [1.54, 1.807) is 6.20 Å². The minimum absolute atomic E-state index is 0.117. The molecule has 1 saturated carbocycles. The standard InChI is InChI=1S/C14H22N4O2/c19-14(15-12-6-7-20-10-12)13-9-18(17-16-13)8-11-4-2-1-3-5-11/h9,11-12H,1-8,10H2,(H,15,19). The zero-order valence-electron chi connectivity index (χ0n) is 11.8. The summed E-state index contributed by atoms with van der Waals surface area (Å²) >= 11 is 0. The molecule has 1 unspecified atom stereocenters. The third-order valence-corrected chi connectivity index (χ3v) is 4.21. The van der Waals surface area contributed by atoms with E-state index in [1.807, 2.05) is 4.68 Å². The summed E-state index contributed by atoms with van der Waals surface area (Å²) in [5.74, 6) is 0.542. The molecule has 2 aliphatic rings. The van der Waals surface area contributed by atoms with E-state index in [0.29, 0.717) is 18.2 Å². The van der Waals surface area contributed by atoms with Gasteiger partial charge in [0.05, 0.1) is 18.8 Å². The van der Waals surface area contributed by atoms with Crippen molar-refractivity contribution in [1.82, 2.24) is 20.3 Å². The number of hydrogen-bond donors (Lipinski definition) is 1. The van der Waals surface area contributed by atoms with Crippen LogP contribution in [0.25, 0.3) is 0 Å². The Hall–Kier alpha value is -1.43. The first-order chi connectivity index (χ1) is 9.81. The zero-order valence-corrected chi connectivity index (χ0v) is 11.8. The van der Waals surface area contributed by atoms with Crippen molar-refractivity contribution in [2.75, 3.05) is 13.2 Å². The number of carbonyl (C=O) groups is 1. The van der Waals surface area contributed by atoms with Crippen molar-refractivity contribution in [2.45, 2.75) is 51.1 Å². The Morgan fingerprint density at radius 1 is 1.35 bits per heavy atom. The van der Waals surface area contributed by atoms with Gasteiger partial charge in [-0.3, -0.25) is 9.48 Å². The Kier molecular flexibility index (Phi) is 4.30. The molecule has 0 aromatic carbocycles. The monoisotopic (exact) mass is 278 g/mol. The topological polar surface area (TPSA) is 69.0 Å². The molecule has 1 aliphatic carbocycles. The number of amides is 1. The first kappa shape index (κ1) is 13.5. The molecule has 0 radical (unpaired) electrons. The van der Waals surface area contributed by atoms with Gasteiger partial charge in [0.25, 0.3) is 5.91 Å². The fourth-order valence-electron chi connectivity index (χ4n) is 3.03. The first-order valence-electron chi connectivity index (χ1n) is 7.60. The van der Waals surface area contributed by atoms with Crippen molar-refractivity contribution in [3.05, 3.63) is 11.9 Å². The molecule has 2 heterocycles. The average molecular weight is 278 g/mol. The van der Waals surface area contributed by atoms with Crippen LogP contribution in [0.5, 0.6) is 0 Å². The van der Waals surface area contributed by atoms with E-state index in [4.69, 9.17) is 4.74 Å². The van der Waals surface area contributed by atoms with Crippen molar-refractivity contribution in [3.63, 3.8) is 0 Å². The van der Waals surface area contributed by atoms with Crippen LogP contribution >= 0.6 is 0 Å². The van der Waals surface area contributed by atoms with E-state index in [1.165, 1.54) is 32.1 Å². The van der Waals surface area contributed by atoms with Gasteiger partial charge in [0.1, 0.15) is 0 Å². The highest BCUT2D eigenvalue weighted by atomic mass is 16.5. The van der Waals surface area contributed by atoms with E-state index in [2.05, 4.69) is 15.6 Å². The second-order valence-corrected chi connectivity index (χ2v) is 5.86. The molecule has 6 nitrogen and oxygen atoms in total. The van der Waals surface area contributed by atoms with Gasteiger partial charge >= 0.3 is 0 Å². The van der Waals surface area contributed by atoms with E-state index in [-0.39, 0.29) is 11.9 Å². The van der Waals surface area contributed by atoms with Crippen molar-refractivity contribution >= 4 is 5.91 Å². The van der Waals surface area contributed by atoms with Crippen molar-refractivity contribution in [3.8, 4) is 0 Å². The fraction of sp³-hybridized carbons (Fsp3) is 0.786. The largest absolute Gasteiger partial charge is 0.379 e. The Bertz CT molecular complexity index is 448. The molecule has 0 spiro atoms. The predicted molar refractivity (Wildman–Crippen MR) is 73.3 cm³/mol. The molecule has 2 fully saturated rings. The maximum Gasteiger partial charge on any atom is 0.273 e. The molecule has 1 aromatic heterocycles. The molecular formula is C14H22N4O2. The molecule has 20 heavy (non-hydrogen) atoms. The highest BCUT2D eigenvalue weighted by molar-refractivity contribution is 5.92. The highest BCUT2D eigenvalue weighted by Gasteiger charge is 2.21. The normalized spacial score (nSPS) is 23.9. The van der Waals surface area contributed by atoms with E-state index >= 15 is 0 Å². The lowest BCUT2D eigenvalue weighted by Gasteiger charge is -2.20. The summed E-state index contributed by atoms with van der Waals surface area (Å²) < 4.78 is 7.06. The molecule has 1 amide bonds. The Morgan fingerprint density at radius 3 is 2.95 bits per heavy atom. The molecule has 1 aromatic rings. The molecule has 1 saturated heterocycles.